The third-order valence-electron chi connectivity index (χ3n) is 2.45. The predicted octanol–water partition coefficient (Wildman–Crippen LogP) is 1.59. The summed E-state index contributed by atoms with van der Waals surface area (Å²) in [4.78, 5) is 11.3. The van der Waals surface area contributed by atoms with Crippen LogP contribution in [-0.2, 0) is 4.79 Å². The van der Waals surface area contributed by atoms with Gasteiger partial charge in [0.2, 0.25) is 5.91 Å². The molecule has 6 heteroatoms. The number of halogens is 2. The summed E-state index contributed by atoms with van der Waals surface area (Å²) in [6.07, 6.45) is 0.679. The maximum Gasteiger partial charge on any atom is 0.387 e. The summed E-state index contributed by atoms with van der Waals surface area (Å²) >= 11 is 0. The first kappa shape index (κ1) is 11.6. The number of ether oxygens (including phenoxy) is 1. The number of amides is 1. The van der Waals surface area contributed by atoms with Crippen molar-refractivity contribution >= 4 is 11.6 Å². The minimum absolute atomic E-state index is 0.0726. The van der Waals surface area contributed by atoms with Crippen LogP contribution < -0.4 is 15.4 Å². The molecule has 2 N–H and O–H groups in total. The Kier molecular flexibility index (Phi) is 3.41. The van der Waals surface area contributed by atoms with Crippen LogP contribution in [-0.4, -0.2) is 25.1 Å². The van der Waals surface area contributed by atoms with E-state index in [1.54, 1.807) is 12.1 Å². The Morgan fingerprint density at radius 3 is 2.94 bits per heavy atom. The second-order valence-corrected chi connectivity index (χ2v) is 3.68. The molecule has 1 aliphatic heterocycles. The predicted molar refractivity (Wildman–Crippen MR) is 58.1 cm³/mol. The van der Waals surface area contributed by atoms with E-state index >= 15 is 0 Å². The highest BCUT2D eigenvalue weighted by molar-refractivity contribution is 5.86. The highest BCUT2D eigenvalue weighted by Gasteiger charge is 2.23. The lowest BCUT2D eigenvalue weighted by Gasteiger charge is -2.12. The Labute approximate surface area is 97.0 Å². The number of carbonyl (C=O) groups excluding carboxylic acids is 1. The Morgan fingerprint density at radius 2 is 2.29 bits per heavy atom. The van der Waals surface area contributed by atoms with E-state index in [0.29, 0.717) is 18.7 Å². The average molecular weight is 242 g/mol. The second-order valence-electron chi connectivity index (χ2n) is 3.68. The van der Waals surface area contributed by atoms with Gasteiger partial charge in [0.25, 0.3) is 0 Å². The Hall–Kier alpha value is -1.85. The van der Waals surface area contributed by atoms with E-state index in [4.69, 9.17) is 0 Å². The summed E-state index contributed by atoms with van der Waals surface area (Å²) in [6, 6.07) is 5.86. The molecule has 1 aliphatic rings. The van der Waals surface area contributed by atoms with Crippen LogP contribution in [0.15, 0.2) is 24.3 Å². The van der Waals surface area contributed by atoms with Gasteiger partial charge in [0.1, 0.15) is 11.8 Å². The molecule has 1 unspecified atom stereocenters. The molecule has 92 valence electrons. The highest BCUT2D eigenvalue weighted by Crippen LogP contribution is 2.20. The molecule has 1 aromatic rings. The molecule has 0 aromatic heterocycles. The van der Waals surface area contributed by atoms with Crippen LogP contribution in [0, 0.1) is 0 Å². The van der Waals surface area contributed by atoms with Crippen molar-refractivity contribution in [2.45, 2.75) is 19.1 Å². The van der Waals surface area contributed by atoms with Gasteiger partial charge in [-0.15, -0.1) is 0 Å². The lowest BCUT2D eigenvalue weighted by Crippen LogP contribution is -2.29. The van der Waals surface area contributed by atoms with Crippen molar-refractivity contribution in [2.24, 2.45) is 0 Å². The van der Waals surface area contributed by atoms with Crippen LogP contribution in [0.1, 0.15) is 6.42 Å². The summed E-state index contributed by atoms with van der Waals surface area (Å²) in [5.74, 6) is -0.00594. The minimum Gasteiger partial charge on any atom is -0.435 e. The minimum atomic E-state index is -2.85. The van der Waals surface area contributed by atoms with E-state index in [1.165, 1.54) is 12.1 Å². The third kappa shape index (κ3) is 3.05. The van der Waals surface area contributed by atoms with Gasteiger partial charge < -0.3 is 15.4 Å². The maximum atomic E-state index is 12.0. The quantitative estimate of drug-likeness (QED) is 0.843. The molecule has 0 bridgehead atoms. The number of nitrogens with one attached hydrogen (secondary N) is 2. The molecule has 17 heavy (non-hydrogen) atoms. The van der Waals surface area contributed by atoms with Crippen LogP contribution in [0.3, 0.4) is 0 Å². The fraction of sp³-hybridized carbons (Fsp3) is 0.364. The molecule has 1 fully saturated rings. The second kappa shape index (κ2) is 4.99. The van der Waals surface area contributed by atoms with Crippen molar-refractivity contribution in [3.63, 3.8) is 0 Å². The molecule has 0 radical (unpaired) electrons. The number of anilines is 1. The van der Waals surface area contributed by atoms with Gasteiger partial charge in [-0.05, 0) is 18.6 Å². The number of hydrogen-bond donors (Lipinski definition) is 2. The Morgan fingerprint density at radius 1 is 1.47 bits per heavy atom. The molecule has 1 heterocycles. The Bertz CT molecular complexity index is 412. The number of alkyl halides is 2. The monoisotopic (exact) mass is 242 g/mol. The van der Waals surface area contributed by atoms with Gasteiger partial charge in [0.15, 0.2) is 0 Å². The van der Waals surface area contributed by atoms with E-state index in [0.717, 1.165) is 0 Å². The molecule has 1 aromatic carbocycles. The lowest BCUT2D eigenvalue weighted by atomic mass is 10.2. The molecule has 0 aliphatic carbocycles. The first-order valence-corrected chi connectivity index (χ1v) is 5.24. The standard InChI is InChI=1S/C11H12F2N2O2/c12-11(13)17-8-3-1-2-7(6-8)15-9-4-5-14-10(9)16/h1-3,6,9,11,15H,4-5H2,(H,14,16). The van der Waals surface area contributed by atoms with E-state index in [2.05, 4.69) is 15.4 Å². The van der Waals surface area contributed by atoms with E-state index in [-0.39, 0.29) is 17.7 Å². The van der Waals surface area contributed by atoms with Gasteiger partial charge in [-0.1, -0.05) is 6.07 Å². The van der Waals surface area contributed by atoms with E-state index in [9.17, 15) is 13.6 Å². The molecule has 1 saturated heterocycles. The number of hydrogen-bond acceptors (Lipinski definition) is 3. The van der Waals surface area contributed by atoms with Crippen molar-refractivity contribution in [1.82, 2.24) is 5.32 Å². The zero-order valence-electron chi connectivity index (χ0n) is 8.95. The topological polar surface area (TPSA) is 50.4 Å². The van der Waals surface area contributed by atoms with Crippen LogP contribution >= 0.6 is 0 Å². The van der Waals surface area contributed by atoms with Gasteiger partial charge in [-0.25, -0.2) is 0 Å². The summed E-state index contributed by atoms with van der Waals surface area (Å²) in [6.45, 7) is -2.22. The van der Waals surface area contributed by atoms with E-state index in [1.807, 2.05) is 0 Å². The largest absolute Gasteiger partial charge is 0.435 e. The van der Waals surface area contributed by atoms with Gasteiger partial charge >= 0.3 is 6.61 Å². The zero-order valence-corrected chi connectivity index (χ0v) is 8.95. The van der Waals surface area contributed by atoms with Crippen LogP contribution in [0.25, 0.3) is 0 Å². The van der Waals surface area contributed by atoms with Crippen LogP contribution in [0.5, 0.6) is 5.75 Å². The van der Waals surface area contributed by atoms with Crippen LogP contribution in [0.2, 0.25) is 0 Å². The third-order valence-corrected chi connectivity index (χ3v) is 2.45. The number of rotatable bonds is 4. The average Bonchev–Trinajstić information content (AvgIpc) is 2.64. The van der Waals surface area contributed by atoms with Crippen LogP contribution in [0.4, 0.5) is 14.5 Å². The number of benzene rings is 1. The van der Waals surface area contributed by atoms with Crippen molar-refractivity contribution in [3.05, 3.63) is 24.3 Å². The van der Waals surface area contributed by atoms with Crippen molar-refractivity contribution in [2.75, 3.05) is 11.9 Å². The summed E-state index contributed by atoms with van der Waals surface area (Å²) < 4.78 is 28.3. The number of carbonyl (C=O) groups is 1. The molecule has 1 amide bonds. The normalized spacial score (nSPS) is 19.2. The zero-order chi connectivity index (χ0) is 12.3. The molecule has 1 atom stereocenters. The molecule has 0 saturated carbocycles. The van der Waals surface area contributed by atoms with Gasteiger partial charge in [-0.2, -0.15) is 8.78 Å². The smallest absolute Gasteiger partial charge is 0.387 e. The van der Waals surface area contributed by atoms with E-state index < -0.39 is 6.61 Å². The SMILES string of the molecule is O=C1NCCC1Nc1cccc(OC(F)F)c1. The first-order valence-electron chi connectivity index (χ1n) is 5.24. The summed E-state index contributed by atoms with van der Waals surface area (Å²) in [5, 5.41) is 5.65. The fourth-order valence-electron chi connectivity index (χ4n) is 1.69. The van der Waals surface area contributed by atoms with Gasteiger partial charge in [0, 0.05) is 18.3 Å². The lowest BCUT2D eigenvalue weighted by molar-refractivity contribution is -0.119. The highest BCUT2D eigenvalue weighted by atomic mass is 19.3. The van der Waals surface area contributed by atoms with Crippen molar-refractivity contribution in [1.29, 1.82) is 0 Å². The fourth-order valence-corrected chi connectivity index (χ4v) is 1.69. The molecule has 0 spiro atoms. The molecular formula is C11H12F2N2O2. The Balaban J connectivity index is 2.03. The van der Waals surface area contributed by atoms with Crippen molar-refractivity contribution < 1.29 is 18.3 Å². The maximum absolute atomic E-state index is 12.0. The molecule has 4 nitrogen and oxygen atoms in total. The summed E-state index contributed by atoms with van der Waals surface area (Å²) in [7, 11) is 0. The molecule has 2 rings (SSSR count). The van der Waals surface area contributed by atoms with Gasteiger partial charge in [-0.3, -0.25) is 4.79 Å². The van der Waals surface area contributed by atoms with Crippen molar-refractivity contribution in [3.8, 4) is 5.75 Å². The summed E-state index contributed by atoms with van der Waals surface area (Å²) in [5.41, 5.74) is 0.588. The van der Waals surface area contributed by atoms with Gasteiger partial charge in [0.05, 0.1) is 0 Å². The molecular weight excluding hydrogens is 230 g/mol. The first-order chi connectivity index (χ1) is 8.15.